The third-order valence-electron chi connectivity index (χ3n) is 4.84. The Morgan fingerprint density at radius 1 is 1.00 bits per heavy atom. The number of hydrogen-bond donors (Lipinski definition) is 1. The smallest absolute Gasteiger partial charge is 0.267 e. The Morgan fingerprint density at radius 2 is 1.70 bits per heavy atom. The van der Waals surface area contributed by atoms with Crippen molar-refractivity contribution in [2.24, 2.45) is 0 Å². The number of amides is 2. The van der Waals surface area contributed by atoms with Crippen LogP contribution < -0.4 is 19.7 Å². The van der Waals surface area contributed by atoms with Crippen LogP contribution in [0.2, 0.25) is 0 Å². The summed E-state index contributed by atoms with van der Waals surface area (Å²) in [6.07, 6.45) is -0.837. The topological polar surface area (TPSA) is 67.9 Å². The van der Waals surface area contributed by atoms with E-state index in [9.17, 15) is 9.59 Å². The van der Waals surface area contributed by atoms with Gasteiger partial charge >= 0.3 is 0 Å². The van der Waals surface area contributed by atoms with Crippen LogP contribution in [0.3, 0.4) is 0 Å². The molecule has 0 fully saturated rings. The van der Waals surface area contributed by atoms with Gasteiger partial charge in [0.25, 0.3) is 5.91 Å². The zero-order valence-corrected chi connectivity index (χ0v) is 16.8. The first-order chi connectivity index (χ1) is 14.5. The van der Waals surface area contributed by atoms with Crippen LogP contribution in [0.15, 0.2) is 72.8 Å². The van der Waals surface area contributed by atoms with Crippen LogP contribution in [0.4, 0.5) is 11.4 Å². The van der Waals surface area contributed by atoms with Crippen molar-refractivity contribution < 1.29 is 19.1 Å². The highest BCUT2D eigenvalue weighted by molar-refractivity contribution is 6.00. The van der Waals surface area contributed by atoms with Crippen molar-refractivity contribution in [2.75, 3.05) is 16.8 Å². The van der Waals surface area contributed by atoms with E-state index in [-0.39, 0.29) is 18.4 Å². The molecule has 6 nitrogen and oxygen atoms in total. The van der Waals surface area contributed by atoms with Gasteiger partial charge in [0.15, 0.2) is 11.9 Å². The predicted octanol–water partition coefficient (Wildman–Crippen LogP) is 4.54. The van der Waals surface area contributed by atoms with E-state index in [1.54, 1.807) is 29.2 Å². The van der Waals surface area contributed by atoms with Gasteiger partial charge in [0.05, 0.1) is 17.9 Å². The molecule has 6 heteroatoms. The van der Waals surface area contributed by atoms with Gasteiger partial charge in [-0.1, -0.05) is 42.0 Å². The van der Waals surface area contributed by atoms with Gasteiger partial charge in [-0.25, -0.2) is 0 Å². The highest BCUT2D eigenvalue weighted by atomic mass is 16.5. The van der Waals surface area contributed by atoms with Crippen LogP contribution in [0.1, 0.15) is 12.5 Å². The van der Waals surface area contributed by atoms with E-state index >= 15 is 0 Å². The number of para-hydroxylation sites is 4. The zero-order chi connectivity index (χ0) is 21.1. The second-order valence-electron chi connectivity index (χ2n) is 7.10. The minimum absolute atomic E-state index is 0.138. The van der Waals surface area contributed by atoms with Crippen LogP contribution in [0, 0.1) is 6.92 Å². The summed E-state index contributed by atoms with van der Waals surface area (Å²) in [6, 6.07) is 22.1. The summed E-state index contributed by atoms with van der Waals surface area (Å²) < 4.78 is 11.8. The zero-order valence-electron chi connectivity index (χ0n) is 16.8. The Morgan fingerprint density at radius 3 is 2.47 bits per heavy atom. The van der Waals surface area contributed by atoms with Crippen LogP contribution in [-0.4, -0.2) is 24.5 Å². The lowest BCUT2D eigenvalue weighted by Gasteiger charge is -2.33. The van der Waals surface area contributed by atoms with Crippen molar-refractivity contribution in [1.29, 1.82) is 0 Å². The lowest BCUT2D eigenvalue weighted by Crippen LogP contribution is -2.48. The third-order valence-corrected chi connectivity index (χ3v) is 4.84. The standard InChI is InChI=1S/C24H22N2O4/c1-16-11-13-18(14-12-16)29-21-9-5-3-7-19(21)25-24(28)23-15-26(17(2)27)20-8-4-6-10-22(20)30-23/h3-14,23H,15H2,1-2H3,(H,25,28). The summed E-state index contributed by atoms with van der Waals surface area (Å²) in [6.45, 7) is 3.62. The number of ether oxygens (including phenoxy) is 2. The molecule has 1 N–H and O–H groups in total. The molecule has 0 saturated heterocycles. The molecule has 2 amide bonds. The van der Waals surface area contributed by atoms with Gasteiger partial charge in [-0.3, -0.25) is 9.59 Å². The normalized spacial score (nSPS) is 15.0. The molecule has 0 radical (unpaired) electrons. The summed E-state index contributed by atoms with van der Waals surface area (Å²) in [5.41, 5.74) is 2.32. The average molecular weight is 402 g/mol. The van der Waals surface area contributed by atoms with Crippen molar-refractivity contribution in [3.63, 3.8) is 0 Å². The maximum atomic E-state index is 13.0. The Balaban J connectivity index is 1.53. The van der Waals surface area contributed by atoms with E-state index in [0.717, 1.165) is 5.56 Å². The highest BCUT2D eigenvalue weighted by Gasteiger charge is 2.32. The fraction of sp³-hybridized carbons (Fsp3) is 0.167. The number of hydrogen-bond acceptors (Lipinski definition) is 4. The van der Waals surface area contributed by atoms with Gasteiger partial charge in [-0.05, 0) is 43.3 Å². The van der Waals surface area contributed by atoms with E-state index in [1.807, 2.05) is 55.5 Å². The van der Waals surface area contributed by atoms with Crippen LogP contribution >= 0.6 is 0 Å². The van der Waals surface area contributed by atoms with Crippen molar-refractivity contribution in [2.45, 2.75) is 20.0 Å². The lowest BCUT2D eigenvalue weighted by molar-refractivity contribution is -0.123. The number of nitrogens with one attached hydrogen (secondary N) is 1. The number of anilines is 2. The molecule has 0 spiro atoms. The fourth-order valence-electron chi connectivity index (χ4n) is 3.27. The molecule has 0 aromatic heterocycles. The number of rotatable bonds is 4. The molecule has 30 heavy (non-hydrogen) atoms. The first-order valence-electron chi connectivity index (χ1n) is 9.69. The largest absolute Gasteiger partial charge is 0.476 e. The Labute approximate surface area is 175 Å². The fourth-order valence-corrected chi connectivity index (χ4v) is 3.27. The number of aryl methyl sites for hydroxylation is 1. The van der Waals surface area contributed by atoms with E-state index in [1.165, 1.54) is 6.92 Å². The highest BCUT2D eigenvalue weighted by Crippen LogP contribution is 2.34. The molecule has 1 heterocycles. The van der Waals surface area contributed by atoms with Crippen LogP contribution in [-0.2, 0) is 9.59 Å². The summed E-state index contributed by atoms with van der Waals surface area (Å²) in [7, 11) is 0. The molecular weight excluding hydrogens is 380 g/mol. The molecule has 4 rings (SSSR count). The van der Waals surface area contributed by atoms with Crippen molar-refractivity contribution in [3.8, 4) is 17.2 Å². The van der Waals surface area contributed by atoms with E-state index in [4.69, 9.17) is 9.47 Å². The molecule has 152 valence electrons. The summed E-state index contributed by atoms with van der Waals surface area (Å²) in [5.74, 6) is 1.20. The van der Waals surface area contributed by atoms with E-state index < -0.39 is 6.10 Å². The van der Waals surface area contributed by atoms with Gasteiger partial charge in [0.2, 0.25) is 5.91 Å². The van der Waals surface area contributed by atoms with E-state index in [0.29, 0.717) is 28.6 Å². The molecule has 3 aromatic rings. The van der Waals surface area contributed by atoms with Crippen LogP contribution in [0.5, 0.6) is 17.2 Å². The van der Waals surface area contributed by atoms with Gasteiger partial charge < -0.3 is 19.7 Å². The first kappa shape index (κ1) is 19.5. The Bertz CT molecular complexity index is 1080. The molecule has 1 unspecified atom stereocenters. The molecule has 0 aliphatic carbocycles. The van der Waals surface area contributed by atoms with Gasteiger partial charge in [-0.15, -0.1) is 0 Å². The first-order valence-corrected chi connectivity index (χ1v) is 9.69. The molecule has 0 bridgehead atoms. The van der Waals surface area contributed by atoms with Gasteiger partial charge in [0.1, 0.15) is 11.5 Å². The second kappa shape index (κ2) is 8.29. The third kappa shape index (κ3) is 4.12. The number of nitrogens with zero attached hydrogens (tertiary/aromatic N) is 1. The second-order valence-corrected chi connectivity index (χ2v) is 7.10. The SMILES string of the molecule is CC(=O)N1CC(C(=O)Nc2ccccc2Oc2ccc(C)cc2)Oc2ccccc21. The van der Waals surface area contributed by atoms with Crippen LogP contribution in [0.25, 0.3) is 0 Å². The molecule has 1 aliphatic rings. The monoisotopic (exact) mass is 402 g/mol. The maximum Gasteiger partial charge on any atom is 0.267 e. The molecule has 3 aromatic carbocycles. The minimum atomic E-state index is -0.837. The van der Waals surface area contributed by atoms with E-state index in [2.05, 4.69) is 5.32 Å². The molecular formula is C24H22N2O4. The maximum absolute atomic E-state index is 13.0. The van der Waals surface area contributed by atoms with Crippen molar-refractivity contribution >= 4 is 23.2 Å². The summed E-state index contributed by atoms with van der Waals surface area (Å²) in [4.78, 5) is 26.6. The minimum Gasteiger partial charge on any atom is -0.476 e. The summed E-state index contributed by atoms with van der Waals surface area (Å²) >= 11 is 0. The Hall–Kier alpha value is -3.80. The molecule has 1 atom stereocenters. The van der Waals surface area contributed by atoms with Gasteiger partial charge in [-0.2, -0.15) is 0 Å². The van der Waals surface area contributed by atoms with Crippen molar-refractivity contribution in [3.05, 3.63) is 78.4 Å². The number of benzene rings is 3. The molecule has 1 aliphatic heterocycles. The lowest BCUT2D eigenvalue weighted by atomic mass is 10.1. The summed E-state index contributed by atoms with van der Waals surface area (Å²) in [5, 5.41) is 2.88. The number of carbonyl (C=O) groups excluding carboxylic acids is 2. The quantitative estimate of drug-likeness (QED) is 0.696. The number of carbonyl (C=O) groups is 2. The van der Waals surface area contributed by atoms with Crippen molar-refractivity contribution in [1.82, 2.24) is 0 Å². The Kier molecular flexibility index (Phi) is 5.39. The number of fused-ring (bicyclic) bond motifs is 1. The average Bonchev–Trinajstić information content (AvgIpc) is 2.75. The molecule has 0 saturated carbocycles. The predicted molar refractivity (Wildman–Crippen MR) is 115 cm³/mol. The van der Waals surface area contributed by atoms with Gasteiger partial charge in [0, 0.05) is 6.92 Å².